The van der Waals surface area contributed by atoms with Crippen LogP contribution in [0.3, 0.4) is 0 Å². The average Bonchev–Trinajstić information content (AvgIpc) is 2.84. The topological polar surface area (TPSA) is 29.5 Å². The Morgan fingerprint density at radius 2 is 1.88 bits per heavy atom. The predicted octanol–water partition coefficient (Wildman–Crippen LogP) is 2.22. The van der Waals surface area contributed by atoms with E-state index in [1.165, 1.54) is 24.3 Å². The van der Waals surface area contributed by atoms with Crippen molar-refractivity contribution in [1.82, 2.24) is 4.90 Å². The van der Waals surface area contributed by atoms with Crippen LogP contribution in [0, 0.1) is 5.82 Å². The lowest BCUT2D eigenvalue weighted by Crippen LogP contribution is -2.38. The number of hydrogen-bond acceptors (Lipinski definition) is 2. The van der Waals surface area contributed by atoms with E-state index >= 15 is 0 Å². The third-order valence-corrected chi connectivity index (χ3v) is 2.89. The zero-order chi connectivity index (χ0) is 12.3. The highest BCUT2D eigenvalue weighted by Gasteiger charge is 2.24. The predicted molar refractivity (Wildman–Crippen MR) is 62.3 cm³/mol. The molecule has 0 N–H and O–H groups in total. The number of likely N-dealkylation sites (tertiary alicyclic amines) is 1. The highest BCUT2D eigenvalue weighted by Crippen LogP contribution is 2.15. The second-order valence-electron chi connectivity index (χ2n) is 4.25. The van der Waals surface area contributed by atoms with Gasteiger partial charge in [0.1, 0.15) is 11.6 Å². The van der Waals surface area contributed by atoms with Crippen molar-refractivity contribution in [2.45, 2.75) is 25.9 Å². The van der Waals surface area contributed by atoms with Gasteiger partial charge >= 0.3 is 0 Å². The van der Waals surface area contributed by atoms with Crippen LogP contribution in [0.25, 0.3) is 0 Å². The van der Waals surface area contributed by atoms with Gasteiger partial charge in [0.2, 0.25) is 0 Å². The van der Waals surface area contributed by atoms with E-state index < -0.39 is 6.10 Å². The lowest BCUT2D eigenvalue weighted by atomic mass is 10.3. The Hall–Kier alpha value is -1.58. The molecule has 1 amide bonds. The summed E-state index contributed by atoms with van der Waals surface area (Å²) in [5.41, 5.74) is 0. The molecule has 0 aromatic heterocycles. The Balaban J connectivity index is 1.93. The Bertz CT molecular complexity index is 385. The minimum atomic E-state index is -0.515. The van der Waals surface area contributed by atoms with Crippen molar-refractivity contribution >= 4 is 5.91 Å². The van der Waals surface area contributed by atoms with Crippen LogP contribution in [0.1, 0.15) is 19.8 Å². The van der Waals surface area contributed by atoms with Crippen LogP contribution in [0.15, 0.2) is 24.3 Å². The fourth-order valence-corrected chi connectivity index (χ4v) is 1.96. The first kappa shape index (κ1) is 11.9. The summed E-state index contributed by atoms with van der Waals surface area (Å²) < 4.78 is 18.2. The van der Waals surface area contributed by atoms with E-state index in [-0.39, 0.29) is 11.7 Å². The first-order valence-electron chi connectivity index (χ1n) is 5.88. The lowest BCUT2D eigenvalue weighted by Gasteiger charge is -2.21. The molecule has 0 radical (unpaired) electrons. The third-order valence-electron chi connectivity index (χ3n) is 2.89. The van der Waals surface area contributed by atoms with Gasteiger partial charge in [-0.2, -0.15) is 0 Å². The van der Waals surface area contributed by atoms with Gasteiger partial charge in [-0.3, -0.25) is 4.79 Å². The smallest absolute Gasteiger partial charge is 0.263 e. The van der Waals surface area contributed by atoms with E-state index in [2.05, 4.69) is 0 Å². The second kappa shape index (κ2) is 5.17. The maximum atomic E-state index is 12.7. The summed E-state index contributed by atoms with van der Waals surface area (Å²) in [5.74, 6) is 0.217. The minimum Gasteiger partial charge on any atom is -0.481 e. The van der Waals surface area contributed by atoms with Crippen LogP contribution in [0.4, 0.5) is 4.39 Å². The molecule has 4 heteroatoms. The molecule has 1 saturated heterocycles. The second-order valence-corrected chi connectivity index (χ2v) is 4.25. The van der Waals surface area contributed by atoms with Crippen LogP contribution in [0.5, 0.6) is 5.75 Å². The Morgan fingerprint density at radius 1 is 1.29 bits per heavy atom. The number of carbonyl (C=O) groups is 1. The van der Waals surface area contributed by atoms with E-state index in [1.54, 1.807) is 6.92 Å². The van der Waals surface area contributed by atoms with E-state index in [0.717, 1.165) is 25.9 Å². The largest absolute Gasteiger partial charge is 0.481 e. The van der Waals surface area contributed by atoms with Gasteiger partial charge in [0.25, 0.3) is 5.91 Å². The molecule has 17 heavy (non-hydrogen) atoms. The van der Waals surface area contributed by atoms with Gasteiger partial charge in [-0.05, 0) is 44.0 Å². The van der Waals surface area contributed by atoms with E-state index in [9.17, 15) is 9.18 Å². The SMILES string of the molecule is CC(Oc1ccc(F)cc1)C(=O)N1CCCC1. The molecule has 0 aliphatic carbocycles. The standard InChI is InChI=1S/C13H16FNO2/c1-10(13(16)15-8-2-3-9-15)17-12-6-4-11(14)5-7-12/h4-7,10H,2-3,8-9H2,1H3. The lowest BCUT2D eigenvalue weighted by molar-refractivity contribution is -0.136. The summed E-state index contributed by atoms with van der Waals surface area (Å²) in [7, 11) is 0. The molecule has 1 heterocycles. The monoisotopic (exact) mass is 237 g/mol. The van der Waals surface area contributed by atoms with Crippen LogP contribution in [0.2, 0.25) is 0 Å². The molecule has 1 aromatic rings. The summed E-state index contributed by atoms with van der Waals surface area (Å²) in [6.45, 7) is 3.36. The molecule has 2 rings (SSSR count). The van der Waals surface area contributed by atoms with Gasteiger partial charge in [0, 0.05) is 13.1 Å². The fraction of sp³-hybridized carbons (Fsp3) is 0.462. The Morgan fingerprint density at radius 3 is 2.47 bits per heavy atom. The van der Waals surface area contributed by atoms with Crippen LogP contribution >= 0.6 is 0 Å². The number of amides is 1. The number of carbonyl (C=O) groups excluding carboxylic acids is 1. The van der Waals surface area contributed by atoms with Gasteiger partial charge in [-0.15, -0.1) is 0 Å². The van der Waals surface area contributed by atoms with Gasteiger partial charge < -0.3 is 9.64 Å². The first-order chi connectivity index (χ1) is 8.16. The summed E-state index contributed by atoms with van der Waals surface area (Å²) >= 11 is 0. The molecule has 1 aromatic carbocycles. The molecule has 1 atom stereocenters. The number of ether oxygens (including phenoxy) is 1. The van der Waals surface area contributed by atoms with E-state index in [0.29, 0.717) is 5.75 Å². The highest BCUT2D eigenvalue weighted by molar-refractivity contribution is 5.81. The van der Waals surface area contributed by atoms with Crippen LogP contribution in [-0.2, 0) is 4.79 Å². The number of hydrogen-bond donors (Lipinski definition) is 0. The normalized spacial score (nSPS) is 16.9. The van der Waals surface area contributed by atoms with Crippen LogP contribution < -0.4 is 4.74 Å². The molecular weight excluding hydrogens is 221 g/mol. The molecule has 0 bridgehead atoms. The number of halogens is 1. The summed E-state index contributed by atoms with van der Waals surface area (Å²) in [6.07, 6.45) is 1.61. The van der Waals surface area contributed by atoms with Crippen molar-refractivity contribution in [2.75, 3.05) is 13.1 Å². The first-order valence-corrected chi connectivity index (χ1v) is 5.88. The van der Waals surface area contributed by atoms with Gasteiger partial charge in [-0.25, -0.2) is 4.39 Å². The van der Waals surface area contributed by atoms with Crippen molar-refractivity contribution in [3.05, 3.63) is 30.1 Å². The third kappa shape index (κ3) is 2.96. The maximum Gasteiger partial charge on any atom is 0.263 e. The molecule has 0 saturated carbocycles. The number of nitrogens with zero attached hydrogens (tertiary/aromatic N) is 1. The van der Waals surface area contributed by atoms with Gasteiger partial charge in [-0.1, -0.05) is 0 Å². The number of benzene rings is 1. The molecule has 1 unspecified atom stereocenters. The molecule has 0 spiro atoms. The Kier molecular flexibility index (Phi) is 3.61. The summed E-state index contributed by atoms with van der Waals surface area (Å²) in [4.78, 5) is 13.8. The van der Waals surface area contributed by atoms with Gasteiger partial charge in [0.05, 0.1) is 0 Å². The van der Waals surface area contributed by atoms with Crippen molar-refractivity contribution in [3.8, 4) is 5.75 Å². The molecule has 3 nitrogen and oxygen atoms in total. The molecule has 92 valence electrons. The van der Waals surface area contributed by atoms with Gasteiger partial charge in [0.15, 0.2) is 6.10 Å². The molecule has 1 aliphatic heterocycles. The zero-order valence-electron chi connectivity index (χ0n) is 9.86. The maximum absolute atomic E-state index is 12.7. The van der Waals surface area contributed by atoms with Crippen LogP contribution in [-0.4, -0.2) is 30.0 Å². The zero-order valence-corrected chi connectivity index (χ0v) is 9.86. The summed E-state index contributed by atoms with van der Waals surface area (Å²) in [5, 5.41) is 0. The minimum absolute atomic E-state index is 0.00632. The van der Waals surface area contributed by atoms with Crippen molar-refractivity contribution < 1.29 is 13.9 Å². The van der Waals surface area contributed by atoms with Crippen molar-refractivity contribution in [3.63, 3.8) is 0 Å². The van der Waals surface area contributed by atoms with Crippen molar-refractivity contribution in [1.29, 1.82) is 0 Å². The van der Waals surface area contributed by atoms with Crippen molar-refractivity contribution in [2.24, 2.45) is 0 Å². The number of rotatable bonds is 3. The van der Waals surface area contributed by atoms with E-state index in [1.807, 2.05) is 4.90 Å². The van der Waals surface area contributed by atoms with E-state index in [4.69, 9.17) is 4.74 Å². The Labute approximate surface area is 100 Å². The molecule has 1 aliphatic rings. The highest BCUT2D eigenvalue weighted by atomic mass is 19.1. The molecule has 1 fully saturated rings. The summed E-state index contributed by atoms with van der Waals surface area (Å²) in [6, 6.07) is 5.71. The fourth-order valence-electron chi connectivity index (χ4n) is 1.96. The quantitative estimate of drug-likeness (QED) is 0.806. The molecular formula is C13H16FNO2. The average molecular weight is 237 g/mol.